The van der Waals surface area contributed by atoms with Crippen molar-refractivity contribution in [3.8, 4) is 5.75 Å². The van der Waals surface area contributed by atoms with E-state index in [0.29, 0.717) is 0 Å². The van der Waals surface area contributed by atoms with Gasteiger partial charge in [-0.1, -0.05) is 32.6 Å². The van der Waals surface area contributed by atoms with Crippen LogP contribution in [-0.2, 0) is 0 Å². The molecular weight excluding hydrogens is 224 g/mol. The lowest BCUT2D eigenvalue weighted by atomic mass is 10.1. The Morgan fingerprint density at radius 1 is 1.22 bits per heavy atom. The number of anilines is 2. The van der Waals surface area contributed by atoms with E-state index in [0.717, 1.165) is 36.8 Å². The predicted octanol–water partition coefficient (Wildman–Crippen LogP) is 3.44. The zero-order chi connectivity index (χ0) is 12.8. The molecule has 18 heavy (non-hydrogen) atoms. The van der Waals surface area contributed by atoms with Gasteiger partial charge < -0.3 is 15.4 Å². The second kappa shape index (κ2) is 6.53. The molecule has 0 atom stereocenters. The fraction of sp³-hybridized carbons (Fsp3) is 0.600. The lowest BCUT2D eigenvalue weighted by Crippen LogP contribution is -2.33. The maximum Gasteiger partial charge on any atom is 0.142 e. The molecule has 0 unspecified atom stereocenters. The van der Waals surface area contributed by atoms with E-state index in [2.05, 4.69) is 11.8 Å². The summed E-state index contributed by atoms with van der Waals surface area (Å²) in [6.45, 7) is 5.13. The monoisotopic (exact) mass is 248 g/mol. The van der Waals surface area contributed by atoms with Gasteiger partial charge in [0.25, 0.3) is 0 Å². The van der Waals surface area contributed by atoms with E-state index in [4.69, 9.17) is 10.5 Å². The zero-order valence-electron chi connectivity index (χ0n) is 11.3. The molecule has 1 heterocycles. The first-order chi connectivity index (χ1) is 8.81. The van der Waals surface area contributed by atoms with E-state index in [9.17, 15) is 0 Å². The number of fused-ring (bicyclic) bond motifs is 1. The lowest BCUT2D eigenvalue weighted by molar-refractivity contribution is 0.307. The van der Waals surface area contributed by atoms with Crippen LogP contribution in [0.1, 0.15) is 39.0 Å². The Hall–Kier alpha value is -1.38. The Morgan fingerprint density at radius 2 is 2.06 bits per heavy atom. The molecule has 1 aromatic carbocycles. The molecule has 3 heteroatoms. The molecule has 2 rings (SSSR count). The Balaban J connectivity index is 1.89. The molecule has 0 spiro atoms. The number of benzene rings is 1. The molecule has 1 aromatic rings. The van der Waals surface area contributed by atoms with Gasteiger partial charge in [-0.05, 0) is 24.6 Å². The molecule has 0 bridgehead atoms. The maximum atomic E-state index is 5.86. The third-order valence-electron chi connectivity index (χ3n) is 3.47. The van der Waals surface area contributed by atoms with E-state index >= 15 is 0 Å². The minimum atomic E-state index is 0.784. The fourth-order valence-corrected chi connectivity index (χ4v) is 2.43. The van der Waals surface area contributed by atoms with Crippen LogP contribution in [0.25, 0.3) is 0 Å². The normalized spacial score (nSPS) is 14.2. The summed E-state index contributed by atoms with van der Waals surface area (Å²) in [5, 5.41) is 0. The average molecular weight is 248 g/mol. The van der Waals surface area contributed by atoms with Crippen molar-refractivity contribution in [2.24, 2.45) is 0 Å². The van der Waals surface area contributed by atoms with Crippen LogP contribution in [0.2, 0.25) is 0 Å². The lowest BCUT2D eigenvalue weighted by Gasteiger charge is -2.31. The minimum Gasteiger partial charge on any atom is -0.490 e. The smallest absolute Gasteiger partial charge is 0.142 e. The molecule has 1 aliphatic rings. The molecule has 0 aliphatic carbocycles. The van der Waals surface area contributed by atoms with E-state index in [1.807, 2.05) is 18.2 Å². The van der Waals surface area contributed by atoms with Crippen molar-refractivity contribution in [3.63, 3.8) is 0 Å². The standard InChI is InChI=1S/C15H24N2O/c1-2-3-4-5-6-9-17-10-11-18-15-8-7-13(16)12-14(15)17/h7-8,12H,2-6,9-11,16H2,1H3. The van der Waals surface area contributed by atoms with Crippen molar-refractivity contribution in [1.82, 2.24) is 0 Å². The van der Waals surface area contributed by atoms with Crippen LogP contribution in [-0.4, -0.2) is 19.7 Å². The van der Waals surface area contributed by atoms with Crippen LogP contribution in [0.5, 0.6) is 5.75 Å². The zero-order valence-corrected chi connectivity index (χ0v) is 11.3. The number of unbranched alkanes of at least 4 members (excludes halogenated alkanes) is 4. The molecule has 1 aliphatic heterocycles. The van der Waals surface area contributed by atoms with Gasteiger partial charge in [0, 0.05) is 12.2 Å². The summed E-state index contributed by atoms with van der Waals surface area (Å²) in [4.78, 5) is 2.40. The summed E-state index contributed by atoms with van der Waals surface area (Å²) in [6.07, 6.45) is 6.59. The molecule has 3 nitrogen and oxygen atoms in total. The van der Waals surface area contributed by atoms with Gasteiger partial charge in [-0.3, -0.25) is 0 Å². The number of hydrogen-bond donors (Lipinski definition) is 1. The number of rotatable bonds is 6. The highest BCUT2D eigenvalue weighted by molar-refractivity contribution is 5.65. The summed E-state index contributed by atoms with van der Waals surface area (Å²) >= 11 is 0. The first-order valence-corrected chi connectivity index (χ1v) is 7.08. The predicted molar refractivity (Wildman–Crippen MR) is 77.3 cm³/mol. The summed E-state index contributed by atoms with van der Waals surface area (Å²) < 4.78 is 5.66. The van der Waals surface area contributed by atoms with Crippen LogP contribution in [0.3, 0.4) is 0 Å². The number of ether oxygens (including phenoxy) is 1. The van der Waals surface area contributed by atoms with Crippen LogP contribution < -0.4 is 15.4 Å². The summed E-state index contributed by atoms with van der Waals surface area (Å²) in [6, 6.07) is 5.91. The number of nitrogen functional groups attached to an aromatic ring is 1. The number of hydrogen-bond acceptors (Lipinski definition) is 3. The fourth-order valence-electron chi connectivity index (χ4n) is 2.43. The maximum absolute atomic E-state index is 5.86. The molecular formula is C15H24N2O. The Labute approximate surface area is 110 Å². The highest BCUT2D eigenvalue weighted by Gasteiger charge is 2.17. The summed E-state index contributed by atoms with van der Waals surface area (Å²) in [5.74, 6) is 0.976. The van der Waals surface area contributed by atoms with E-state index < -0.39 is 0 Å². The van der Waals surface area contributed by atoms with Crippen molar-refractivity contribution in [1.29, 1.82) is 0 Å². The average Bonchev–Trinajstić information content (AvgIpc) is 2.39. The van der Waals surface area contributed by atoms with Gasteiger partial charge in [-0.15, -0.1) is 0 Å². The second-order valence-electron chi connectivity index (χ2n) is 4.98. The third-order valence-corrected chi connectivity index (χ3v) is 3.47. The quantitative estimate of drug-likeness (QED) is 0.619. The van der Waals surface area contributed by atoms with E-state index in [1.54, 1.807) is 0 Å². The minimum absolute atomic E-state index is 0.784. The van der Waals surface area contributed by atoms with Crippen LogP contribution >= 0.6 is 0 Å². The van der Waals surface area contributed by atoms with Gasteiger partial charge in [0.1, 0.15) is 12.4 Å². The Kier molecular flexibility index (Phi) is 4.73. The van der Waals surface area contributed by atoms with Crippen LogP contribution in [0, 0.1) is 0 Å². The molecule has 0 radical (unpaired) electrons. The first-order valence-electron chi connectivity index (χ1n) is 7.08. The number of nitrogens with two attached hydrogens (primary N) is 1. The molecule has 0 fully saturated rings. The largest absolute Gasteiger partial charge is 0.490 e. The third kappa shape index (κ3) is 3.31. The molecule has 0 aromatic heterocycles. The van der Waals surface area contributed by atoms with Crippen molar-refractivity contribution >= 4 is 11.4 Å². The summed E-state index contributed by atoms with van der Waals surface area (Å²) in [5.41, 5.74) is 7.83. The van der Waals surface area contributed by atoms with Gasteiger partial charge in [0.15, 0.2) is 0 Å². The molecule has 0 saturated heterocycles. The van der Waals surface area contributed by atoms with Crippen LogP contribution in [0.4, 0.5) is 11.4 Å². The highest BCUT2D eigenvalue weighted by Crippen LogP contribution is 2.33. The Bertz CT molecular complexity index is 379. The first kappa shape index (κ1) is 13.1. The molecule has 0 amide bonds. The van der Waals surface area contributed by atoms with Gasteiger partial charge in [-0.25, -0.2) is 0 Å². The highest BCUT2D eigenvalue weighted by atomic mass is 16.5. The van der Waals surface area contributed by atoms with Gasteiger partial charge in [0.2, 0.25) is 0 Å². The second-order valence-corrected chi connectivity index (χ2v) is 4.98. The van der Waals surface area contributed by atoms with Crippen molar-refractivity contribution in [3.05, 3.63) is 18.2 Å². The molecule has 0 saturated carbocycles. The van der Waals surface area contributed by atoms with Crippen molar-refractivity contribution in [2.75, 3.05) is 30.3 Å². The summed E-state index contributed by atoms with van der Waals surface area (Å²) in [7, 11) is 0. The van der Waals surface area contributed by atoms with Crippen molar-refractivity contribution in [2.45, 2.75) is 39.0 Å². The molecule has 100 valence electrons. The topological polar surface area (TPSA) is 38.5 Å². The Morgan fingerprint density at radius 3 is 2.89 bits per heavy atom. The SMILES string of the molecule is CCCCCCCN1CCOc2ccc(N)cc21. The van der Waals surface area contributed by atoms with Crippen LogP contribution in [0.15, 0.2) is 18.2 Å². The van der Waals surface area contributed by atoms with Gasteiger partial charge in [-0.2, -0.15) is 0 Å². The van der Waals surface area contributed by atoms with Gasteiger partial charge in [0.05, 0.1) is 12.2 Å². The van der Waals surface area contributed by atoms with E-state index in [-0.39, 0.29) is 0 Å². The van der Waals surface area contributed by atoms with E-state index in [1.165, 1.54) is 32.1 Å². The van der Waals surface area contributed by atoms with Gasteiger partial charge >= 0.3 is 0 Å². The van der Waals surface area contributed by atoms with Crippen molar-refractivity contribution < 1.29 is 4.74 Å². The number of nitrogens with zero attached hydrogens (tertiary/aromatic N) is 1. The molecule has 2 N–H and O–H groups in total.